The number of benzene rings is 3. The number of hydrogen-bond donors (Lipinski definition) is 3. The normalized spacial score (nSPS) is 21.1. The lowest BCUT2D eigenvalue weighted by atomic mass is 9.91. The predicted octanol–water partition coefficient (Wildman–Crippen LogP) is 5.96. The summed E-state index contributed by atoms with van der Waals surface area (Å²) >= 11 is 1.74. The van der Waals surface area contributed by atoms with Gasteiger partial charge in [0.15, 0.2) is 6.29 Å². The highest BCUT2D eigenvalue weighted by molar-refractivity contribution is 7.99. The topological polar surface area (TPSA) is 105 Å². The fraction of sp³-hybridized carbons (Fsp3) is 0.333. The molecule has 3 aromatic rings. The molecule has 0 spiro atoms. The van der Waals surface area contributed by atoms with Gasteiger partial charge < -0.3 is 25.0 Å². The number of aliphatic hydroxyl groups excluding tert-OH is 1. The van der Waals surface area contributed by atoms with Crippen LogP contribution >= 0.6 is 11.8 Å². The van der Waals surface area contributed by atoms with Crippen LogP contribution < -0.4 is 5.32 Å². The molecule has 0 radical (unpaired) electrons. The minimum atomic E-state index is -0.916. The number of ether oxygens (including phenoxy) is 2. The zero-order valence-corrected chi connectivity index (χ0v) is 22.1. The maximum atomic E-state index is 12.3. The smallest absolute Gasteiger partial charge is 0.303 e. The molecular formula is C30H33NO6S. The Balaban J connectivity index is 1.52. The van der Waals surface area contributed by atoms with E-state index in [-0.39, 0.29) is 49.9 Å². The van der Waals surface area contributed by atoms with Crippen LogP contribution in [0, 0.1) is 5.92 Å². The zero-order valence-electron chi connectivity index (χ0n) is 21.3. The molecule has 0 unspecified atom stereocenters. The van der Waals surface area contributed by atoms with Gasteiger partial charge in [0.1, 0.15) is 0 Å². The van der Waals surface area contributed by atoms with Crippen molar-refractivity contribution in [2.45, 2.75) is 56.2 Å². The van der Waals surface area contributed by atoms with Gasteiger partial charge in [-0.15, -0.1) is 11.8 Å². The minimum absolute atomic E-state index is 0.0156. The molecule has 4 atom stereocenters. The van der Waals surface area contributed by atoms with E-state index in [1.54, 1.807) is 17.8 Å². The van der Waals surface area contributed by atoms with Crippen molar-refractivity contribution in [3.63, 3.8) is 0 Å². The number of rotatable bonds is 11. The number of aliphatic hydroxyl groups is 1. The van der Waals surface area contributed by atoms with Crippen molar-refractivity contribution < 1.29 is 29.3 Å². The predicted molar refractivity (Wildman–Crippen MR) is 147 cm³/mol. The number of nitrogens with one attached hydrogen (secondary N) is 1. The first-order chi connectivity index (χ1) is 18.4. The van der Waals surface area contributed by atoms with E-state index in [4.69, 9.17) is 14.6 Å². The SMILES string of the molecule is C[C@H]1[C@@H](CSc2ccccc2)O[C@@H](c2cccc(NC(=O)CCCC(=O)O)c2)O[C@H]1c1ccc(CO)cc1. The molecule has 0 aromatic heterocycles. The van der Waals surface area contributed by atoms with Crippen LogP contribution in [-0.2, 0) is 25.7 Å². The number of amides is 1. The minimum Gasteiger partial charge on any atom is -0.481 e. The molecule has 1 amide bonds. The number of hydrogen-bond acceptors (Lipinski definition) is 6. The highest BCUT2D eigenvalue weighted by atomic mass is 32.2. The number of thioether (sulfide) groups is 1. The van der Waals surface area contributed by atoms with Crippen molar-refractivity contribution in [1.82, 2.24) is 0 Å². The zero-order chi connectivity index (χ0) is 26.9. The summed E-state index contributed by atoms with van der Waals surface area (Å²) in [5.41, 5.74) is 3.24. The van der Waals surface area contributed by atoms with Crippen LogP contribution in [0.4, 0.5) is 5.69 Å². The van der Waals surface area contributed by atoms with E-state index in [2.05, 4.69) is 24.4 Å². The standard InChI is InChI=1S/C30H33NO6S/c1-20-26(19-38-25-9-3-2-4-10-25)36-30(37-29(20)22-15-13-21(18-32)14-16-22)23-7-5-8-24(17-23)31-27(33)11-6-12-28(34)35/h2-5,7-10,13-17,20,26,29-30,32H,6,11-12,18-19H2,1H3,(H,31,33)(H,34,35)/t20-,26+,29+,30+/m0/s1. The second-order valence-electron chi connectivity index (χ2n) is 9.37. The number of carboxylic acid groups (broad SMARTS) is 1. The molecule has 7 nitrogen and oxygen atoms in total. The Labute approximate surface area is 227 Å². The van der Waals surface area contributed by atoms with Gasteiger partial charge in [0, 0.05) is 40.7 Å². The van der Waals surface area contributed by atoms with Crippen molar-refractivity contribution in [1.29, 1.82) is 0 Å². The van der Waals surface area contributed by atoms with Gasteiger partial charge in [0.2, 0.25) is 5.91 Å². The molecule has 1 fully saturated rings. The van der Waals surface area contributed by atoms with Crippen molar-refractivity contribution in [3.05, 3.63) is 95.6 Å². The van der Waals surface area contributed by atoms with E-state index in [1.807, 2.05) is 60.7 Å². The maximum absolute atomic E-state index is 12.3. The highest BCUT2D eigenvalue weighted by Gasteiger charge is 2.38. The molecule has 1 heterocycles. The van der Waals surface area contributed by atoms with Crippen molar-refractivity contribution in [2.75, 3.05) is 11.1 Å². The summed E-state index contributed by atoms with van der Waals surface area (Å²) in [6.07, 6.45) is -0.592. The molecule has 0 aliphatic carbocycles. The van der Waals surface area contributed by atoms with Crippen LogP contribution in [0.25, 0.3) is 0 Å². The number of carbonyl (C=O) groups is 2. The van der Waals surface area contributed by atoms with Gasteiger partial charge in [0.05, 0.1) is 18.8 Å². The van der Waals surface area contributed by atoms with Crippen LogP contribution in [0.15, 0.2) is 83.8 Å². The molecule has 8 heteroatoms. The second-order valence-corrected chi connectivity index (χ2v) is 10.5. The molecule has 0 bridgehead atoms. The van der Waals surface area contributed by atoms with Crippen molar-refractivity contribution >= 4 is 29.3 Å². The first-order valence-corrected chi connectivity index (χ1v) is 13.7. The fourth-order valence-corrected chi connectivity index (χ4v) is 5.48. The van der Waals surface area contributed by atoms with E-state index in [0.717, 1.165) is 22.4 Å². The van der Waals surface area contributed by atoms with Gasteiger partial charge in [-0.3, -0.25) is 9.59 Å². The van der Waals surface area contributed by atoms with Gasteiger partial charge in [0.25, 0.3) is 0 Å². The molecule has 0 saturated carbocycles. The molecular weight excluding hydrogens is 502 g/mol. The average molecular weight is 536 g/mol. The number of carboxylic acids is 1. The molecule has 1 aliphatic heterocycles. The molecule has 1 saturated heterocycles. The Hall–Kier alpha value is -3.17. The quantitative estimate of drug-likeness (QED) is 0.260. The first-order valence-electron chi connectivity index (χ1n) is 12.7. The summed E-state index contributed by atoms with van der Waals surface area (Å²) in [6.45, 7) is 2.11. The van der Waals surface area contributed by atoms with Crippen LogP contribution in [0.1, 0.15) is 55.3 Å². The third-order valence-corrected chi connectivity index (χ3v) is 7.62. The summed E-state index contributed by atoms with van der Waals surface area (Å²) in [6, 6.07) is 25.4. The van der Waals surface area contributed by atoms with Crippen LogP contribution in [0.5, 0.6) is 0 Å². The van der Waals surface area contributed by atoms with E-state index in [0.29, 0.717) is 5.69 Å². The Kier molecular flexibility index (Phi) is 9.95. The lowest BCUT2D eigenvalue weighted by Crippen LogP contribution is -2.38. The van der Waals surface area contributed by atoms with Gasteiger partial charge in [-0.2, -0.15) is 0 Å². The monoisotopic (exact) mass is 535 g/mol. The third-order valence-electron chi connectivity index (χ3n) is 6.52. The number of carbonyl (C=O) groups excluding carboxylic acids is 1. The Morgan fingerprint density at radius 3 is 2.39 bits per heavy atom. The van der Waals surface area contributed by atoms with Crippen LogP contribution in [-0.4, -0.2) is 33.9 Å². The average Bonchev–Trinajstić information content (AvgIpc) is 2.93. The maximum Gasteiger partial charge on any atom is 0.303 e. The summed E-state index contributed by atoms with van der Waals surface area (Å²) in [7, 11) is 0. The molecule has 3 aromatic carbocycles. The Morgan fingerprint density at radius 1 is 0.921 bits per heavy atom. The lowest BCUT2D eigenvalue weighted by molar-refractivity contribution is -0.268. The number of anilines is 1. The van der Waals surface area contributed by atoms with Gasteiger partial charge in [-0.05, 0) is 41.8 Å². The largest absolute Gasteiger partial charge is 0.481 e. The van der Waals surface area contributed by atoms with Gasteiger partial charge >= 0.3 is 5.97 Å². The van der Waals surface area contributed by atoms with Crippen LogP contribution in [0.3, 0.4) is 0 Å². The van der Waals surface area contributed by atoms with E-state index >= 15 is 0 Å². The van der Waals surface area contributed by atoms with Crippen LogP contribution in [0.2, 0.25) is 0 Å². The summed E-state index contributed by atoms with van der Waals surface area (Å²) in [5, 5.41) is 21.1. The van der Waals surface area contributed by atoms with E-state index in [1.165, 1.54) is 4.90 Å². The van der Waals surface area contributed by atoms with E-state index < -0.39 is 12.3 Å². The Bertz CT molecular complexity index is 1200. The van der Waals surface area contributed by atoms with E-state index in [9.17, 15) is 14.7 Å². The first kappa shape index (κ1) is 27.9. The van der Waals surface area contributed by atoms with Gasteiger partial charge in [-0.25, -0.2) is 0 Å². The van der Waals surface area contributed by atoms with Crippen molar-refractivity contribution in [2.24, 2.45) is 5.92 Å². The number of aliphatic carboxylic acids is 1. The molecule has 38 heavy (non-hydrogen) atoms. The van der Waals surface area contributed by atoms with Gasteiger partial charge in [-0.1, -0.05) is 61.5 Å². The lowest BCUT2D eigenvalue weighted by Gasteiger charge is -2.41. The second kappa shape index (κ2) is 13.6. The van der Waals surface area contributed by atoms with Crippen molar-refractivity contribution in [3.8, 4) is 0 Å². The summed E-state index contributed by atoms with van der Waals surface area (Å²) in [4.78, 5) is 24.2. The molecule has 4 rings (SSSR count). The summed E-state index contributed by atoms with van der Waals surface area (Å²) < 4.78 is 13.0. The molecule has 1 aliphatic rings. The molecule has 200 valence electrons. The molecule has 3 N–H and O–H groups in total. The summed E-state index contributed by atoms with van der Waals surface area (Å²) in [5.74, 6) is -0.335. The highest BCUT2D eigenvalue weighted by Crippen LogP contribution is 2.43. The third kappa shape index (κ3) is 7.68. The Morgan fingerprint density at radius 2 is 1.68 bits per heavy atom. The fourth-order valence-electron chi connectivity index (χ4n) is 4.39.